The molecule has 1 aromatic rings. The summed E-state index contributed by atoms with van der Waals surface area (Å²) in [7, 11) is 0. The lowest BCUT2D eigenvalue weighted by Gasteiger charge is -2.39. The molecule has 1 aliphatic rings. The molecule has 1 aromatic heterocycles. The second-order valence-electron chi connectivity index (χ2n) is 6.80. The van der Waals surface area contributed by atoms with E-state index in [0.717, 1.165) is 12.8 Å². The Morgan fingerprint density at radius 1 is 1.28 bits per heavy atom. The smallest absolute Gasteiger partial charge is 0.293 e. The summed E-state index contributed by atoms with van der Waals surface area (Å²) in [6.45, 7) is 5.11. The monoisotopic (exact) mass is 352 g/mol. The summed E-state index contributed by atoms with van der Waals surface area (Å²) in [5.74, 6) is -0.774. The molecule has 0 atom stereocenters. The second-order valence-corrected chi connectivity index (χ2v) is 6.80. The Bertz CT molecular complexity index is 712. The van der Waals surface area contributed by atoms with Gasteiger partial charge in [0.15, 0.2) is 0 Å². The van der Waals surface area contributed by atoms with Crippen molar-refractivity contribution in [3.63, 3.8) is 0 Å². The van der Waals surface area contributed by atoms with Crippen LogP contribution in [-0.4, -0.2) is 47.4 Å². The molecule has 3 amide bonds. The highest BCUT2D eigenvalue weighted by atomic mass is 16.5. The molecule has 0 radical (unpaired) electrons. The molecule has 1 aliphatic heterocycles. The van der Waals surface area contributed by atoms with E-state index in [4.69, 9.17) is 10.3 Å². The highest BCUT2D eigenvalue weighted by molar-refractivity contribution is 5.94. The number of carbonyl (C=O) groups excluding carboxylic acids is 3. The summed E-state index contributed by atoms with van der Waals surface area (Å²) in [6.07, 6.45) is 1.62. The third-order valence-electron chi connectivity index (χ3n) is 4.69. The van der Waals surface area contributed by atoms with Gasteiger partial charge in [-0.2, -0.15) is 5.16 Å². The van der Waals surface area contributed by atoms with Crippen LogP contribution in [0.15, 0.2) is 9.32 Å². The van der Waals surface area contributed by atoms with E-state index in [0.29, 0.717) is 19.6 Å². The van der Waals surface area contributed by atoms with E-state index in [9.17, 15) is 19.2 Å². The minimum Gasteiger partial charge on any atom is -0.383 e. The number of piperidine rings is 1. The fourth-order valence-electron chi connectivity index (χ4n) is 2.89. The van der Waals surface area contributed by atoms with Crippen LogP contribution in [-0.2, 0) is 9.59 Å². The van der Waals surface area contributed by atoms with Gasteiger partial charge in [-0.05, 0) is 25.2 Å². The first-order valence-corrected chi connectivity index (χ1v) is 8.24. The van der Waals surface area contributed by atoms with Crippen molar-refractivity contribution in [1.82, 2.24) is 15.4 Å². The van der Waals surface area contributed by atoms with Crippen LogP contribution in [0.25, 0.3) is 0 Å². The van der Waals surface area contributed by atoms with Crippen LogP contribution in [0.4, 0.5) is 0 Å². The number of nitrogens with one attached hydrogen (secondary N) is 2. The molecule has 138 valence electrons. The Labute approximate surface area is 144 Å². The first kappa shape index (κ1) is 18.8. The molecular weight excluding hydrogens is 328 g/mol. The first-order valence-electron chi connectivity index (χ1n) is 8.24. The molecule has 2 heterocycles. The average Bonchev–Trinajstić information content (AvgIpc) is 2.90. The molecule has 2 rings (SSSR count). The number of H-pyrrole nitrogens is 1. The van der Waals surface area contributed by atoms with Gasteiger partial charge in [-0.1, -0.05) is 6.92 Å². The minimum absolute atomic E-state index is 0.0114. The van der Waals surface area contributed by atoms with Crippen LogP contribution in [0.5, 0.6) is 0 Å². The predicted octanol–water partition coefficient (Wildman–Crippen LogP) is -0.0997. The quantitative estimate of drug-likeness (QED) is 0.656. The maximum absolute atomic E-state index is 12.2. The minimum atomic E-state index is -0.546. The number of hydrogen-bond acceptors (Lipinski definition) is 5. The van der Waals surface area contributed by atoms with E-state index in [-0.39, 0.29) is 35.5 Å². The van der Waals surface area contributed by atoms with Gasteiger partial charge in [0.1, 0.15) is 11.3 Å². The van der Waals surface area contributed by atoms with Gasteiger partial charge in [-0.15, -0.1) is 0 Å². The van der Waals surface area contributed by atoms with Gasteiger partial charge in [-0.3, -0.25) is 19.2 Å². The summed E-state index contributed by atoms with van der Waals surface area (Å²) in [5.41, 5.74) is 4.34. The van der Waals surface area contributed by atoms with Crippen molar-refractivity contribution >= 4 is 17.7 Å². The predicted molar refractivity (Wildman–Crippen MR) is 88.7 cm³/mol. The number of likely N-dealkylation sites (tertiary alicyclic amines) is 1. The number of aryl methyl sites for hydroxylation is 1. The SMILES string of the molecule is Cc1o[nH]c(=O)c1C(=O)NCC1(C)CCN(C(=O)CCC(N)=O)CC1. The van der Waals surface area contributed by atoms with Gasteiger partial charge < -0.3 is 20.5 Å². The van der Waals surface area contributed by atoms with Crippen LogP contribution < -0.4 is 16.6 Å². The summed E-state index contributed by atoms with van der Waals surface area (Å²) < 4.78 is 4.84. The van der Waals surface area contributed by atoms with E-state index in [2.05, 4.69) is 10.5 Å². The third kappa shape index (κ3) is 4.71. The normalized spacial score (nSPS) is 16.5. The summed E-state index contributed by atoms with van der Waals surface area (Å²) in [4.78, 5) is 48.2. The molecule has 9 nitrogen and oxygen atoms in total. The summed E-state index contributed by atoms with van der Waals surface area (Å²) in [6, 6.07) is 0. The van der Waals surface area contributed by atoms with Crippen molar-refractivity contribution < 1.29 is 18.9 Å². The van der Waals surface area contributed by atoms with Crippen molar-refractivity contribution in [2.45, 2.75) is 39.5 Å². The molecule has 0 aliphatic carbocycles. The van der Waals surface area contributed by atoms with Gasteiger partial charge in [0.25, 0.3) is 11.5 Å². The Hall–Kier alpha value is -2.58. The van der Waals surface area contributed by atoms with E-state index in [1.165, 1.54) is 0 Å². The number of hydrogen-bond donors (Lipinski definition) is 3. The van der Waals surface area contributed by atoms with E-state index in [1.807, 2.05) is 6.92 Å². The number of rotatable bonds is 6. The molecule has 25 heavy (non-hydrogen) atoms. The van der Waals surface area contributed by atoms with Gasteiger partial charge in [0, 0.05) is 32.5 Å². The first-order chi connectivity index (χ1) is 11.7. The van der Waals surface area contributed by atoms with Crippen molar-refractivity contribution in [2.24, 2.45) is 11.1 Å². The van der Waals surface area contributed by atoms with Crippen molar-refractivity contribution in [3.8, 4) is 0 Å². The van der Waals surface area contributed by atoms with Crippen molar-refractivity contribution in [3.05, 3.63) is 21.7 Å². The Kier molecular flexibility index (Phi) is 5.66. The molecule has 0 unspecified atom stereocenters. The zero-order valence-corrected chi connectivity index (χ0v) is 14.5. The number of carbonyl (C=O) groups is 3. The molecule has 0 aromatic carbocycles. The average molecular weight is 352 g/mol. The lowest BCUT2D eigenvalue weighted by molar-refractivity contribution is -0.135. The molecule has 9 heteroatoms. The van der Waals surface area contributed by atoms with Crippen LogP contribution in [0, 0.1) is 12.3 Å². The largest absolute Gasteiger partial charge is 0.383 e. The van der Waals surface area contributed by atoms with E-state index in [1.54, 1.807) is 11.8 Å². The maximum Gasteiger partial charge on any atom is 0.293 e. The number of amides is 3. The van der Waals surface area contributed by atoms with Crippen molar-refractivity contribution in [1.29, 1.82) is 0 Å². The van der Waals surface area contributed by atoms with Gasteiger partial charge in [-0.25, -0.2) is 0 Å². The van der Waals surface area contributed by atoms with E-state index >= 15 is 0 Å². The fourth-order valence-corrected chi connectivity index (χ4v) is 2.89. The molecule has 4 N–H and O–H groups in total. The van der Waals surface area contributed by atoms with Crippen LogP contribution in [0.2, 0.25) is 0 Å². The number of aromatic amines is 1. The van der Waals surface area contributed by atoms with Crippen LogP contribution in [0.3, 0.4) is 0 Å². The highest BCUT2D eigenvalue weighted by Gasteiger charge is 2.32. The van der Waals surface area contributed by atoms with Gasteiger partial charge in [0.2, 0.25) is 11.8 Å². The summed E-state index contributed by atoms with van der Waals surface area (Å²) >= 11 is 0. The zero-order chi connectivity index (χ0) is 18.6. The molecule has 0 saturated carbocycles. The Morgan fingerprint density at radius 3 is 2.44 bits per heavy atom. The number of primary amides is 1. The van der Waals surface area contributed by atoms with Crippen LogP contribution >= 0.6 is 0 Å². The molecule has 0 bridgehead atoms. The molecule has 1 saturated heterocycles. The van der Waals surface area contributed by atoms with Gasteiger partial charge in [0.05, 0.1) is 0 Å². The maximum atomic E-state index is 12.2. The molecular formula is C16H24N4O5. The molecule has 1 fully saturated rings. The van der Waals surface area contributed by atoms with Crippen molar-refractivity contribution in [2.75, 3.05) is 19.6 Å². The van der Waals surface area contributed by atoms with E-state index < -0.39 is 17.4 Å². The van der Waals surface area contributed by atoms with Gasteiger partial charge >= 0.3 is 0 Å². The third-order valence-corrected chi connectivity index (χ3v) is 4.69. The number of nitrogens with two attached hydrogens (primary N) is 1. The second kappa shape index (κ2) is 7.54. The highest BCUT2D eigenvalue weighted by Crippen LogP contribution is 2.30. The lowest BCUT2D eigenvalue weighted by atomic mass is 9.80. The standard InChI is InChI=1S/C16H24N4O5/c1-10-13(15(24)19-25-10)14(23)18-9-16(2)5-7-20(8-6-16)12(22)4-3-11(17)21/h3-9H2,1-2H3,(H2,17,21)(H,18,23)(H,19,24). The Morgan fingerprint density at radius 2 is 1.92 bits per heavy atom. The topological polar surface area (TPSA) is 138 Å². The number of nitrogens with zero attached hydrogens (tertiary/aromatic N) is 1. The summed E-state index contributed by atoms with van der Waals surface area (Å²) in [5, 5.41) is 4.91. The lowest BCUT2D eigenvalue weighted by Crippen LogP contribution is -2.47. The fraction of sp³-hybridized carbons (Fsp3) is 0.625. The zero-order valence-electron chi connectivity index (χ0n) is 14.5. The van der Waals surface area contributed by atoms with Crippen LogP contribution in [0.1, 0.15) is 48.7 Å². The Balaban J connectivity index is 1.84. The molecule has 0 spiro atoms. The number of aromatic nitrogens is 1.